The van der Waals surface area contributed by atoms with Crippen LogP contribution in [-0.4, -0.2) is 22.1 Å². The Morgan fingerprint density at radius 3 is 2.02 bits per heavy atom. The van der Waals surface area contributed by atoms with Crippen molar-refractivity contribution < 1.29 is 52.0 Å². The average Bonchev–Trinajstić information content (AvgIpc) is 3.55. The Morgan fingerprint density at radius 2 is 1.46 bits per heavy atom. The fraction of sp³-hybridized carbons (Fsp3) is 0.422. The van der Waals surface area contributed by atoms with Crippen molar-refractivity contribution >= 4 is 27.5 Å². The van der Waals surface area contributed by atoms with Crippen LogP contribution in [0.5, 0.6) is 0 Å². The van der Waals surface area contributed by atoms with Crippen LogP contribution in [0.15, 0.2) is 83.1 Å². The van der Waals surface area contributed by atoms with Gasteiger partial charge in [0.05, 0.1) is 22.8 Å². The Balaban J connectivity index is 0.000000418. The molecule has 0 bridgehead atoms. The van der Waals surface area contributed by atoms with Gasteiger partial charge in [0.15, 0.2) is 11.6 Å². The predicted molar refractivity (Wildman–Crippen MR) is 207 cm³/mol. The number of fused-ring (bicyclic) bond motifs is 2. The number of pyridine rings is 1. The van der Waals surface area contributed by atoms with E-state index in [9.17, 15) is 27.5 Å². The van der Waals surface area contributed by atoms with Gasteiger partial charge in [0.25, 0.3) is 0 Å². The van der Waals surface area contributed by atoms with Crippen LogP contribution in [0.3, 0.4) is 0 Å². The molecule has 1 radical (unpaired) electrons. The second kappa shape index (κ2) is 18.2. The minimum atomic E-state index is -4.31. The maximum Gasteiger partial charge on any atom is 0.394 e. The Kier molecular flexibility index (Phi) is 15.0. The molecule has 0 aliphatic rings. The van der Waals surface area contributed by atoms with Crippen molar-refractivity contribution in [3.05, 3.63) is 102 Å². The summed E-state index contributed by atoms with van der Waals surface area (Å²) < 4.78 is 60.9. The smallest absolute Gasteiger partial charge is 0.394 e. The molecular weight excluding hydrogens is 871 g/mol. The molecule has 3 aromatic carbocycles. The molecule has 0 amide bonds. The molecule has 4 nitrogen and oxygen atoms in total. The maximum absolute atomic E-state index is 14.9. The number of aromatic nitrogens is 1. The van der Waals surface area contributed by atoms with Crippen molar-refractivity contribution in [1.29, 1.82) is 0 Å². The Labute approximate surface area is 330 Å². The molecule has 9 heteroatoms. The fourth-order valence-electron chi connectivity index (χ4n) is 6.48. The number of aliphatic hydroxyl groups excluding tert-OH is 1. The molecule has 0 atom stereocenters. The number of hydrogen-bond donors (Lipinski definition) is 1. The van der Waals surface area contributed by atoms with E-state index in [1.807, 2.05) is 52.0 Å². The van der Waals surface area contributed by atoms with E-state index in [0.29, 0.717) is 33.7 Å². The van der Waals surface area contributed by atoms with Crippen molar-refractivity contribution in [2.75, 3.05) is 0 Å². The van der Waals surface area contributed by atoms with Crippen molar-refractivity contribution in [2.45, 2.75) is 106 Å². The number of carbonyl (C=O) groups is 1. The van der Waals surface area contributed by atoms with Gasteiger partial charge >= 0.3 is 6.18 Å². The number of benzene rings is 3. The zero-order chi connectivity index (χ0) is 39.3. The van der Waals surface area contributed by atoms with E-state index >= 15 is 0 Å². The molecule has 0 aliphatic heterocycles. The first kappa shape index (κ1) is 44.6. The van der Waals surface area contributed by atoms with Gasteiger partial charge in [0.2, 0.25) is 0 Å². The number of nitrogens with zero attached hydrogens (tertiary/aromatic N) is 1. The van der Waals surface area contributed by atoms with E-state index in [1.165, 1.54) is 26.1 Å². The van der Waals surface area contributed by atoms with Crippen LogP contribution < -0.4 is 0 Å². The fourth-order valence-corrected chi connectivity index (χ4v) is 6.48. The first-order valence-electron chi connectivity index (χ1n) is 18.5. The van der Waals surface area contributed by atoms with Crippen molar-refractivity contribution in [2.24, 2.45) is 17.3 Å². The Morgan fingerprint density at radius 1 is 0.870 bits per heavy atom. The van der Waals surface area contributed by atoms with E-state index in [4.69, 9.17) is 4.42 Å². The molecule has 293 valence electrons. The van der Waals surface area contributed by atoms with Gasteiger partial charge in [0.1, 0.15) is 11.3 Å². The van der Waals surface area contributed by atoms with Crippen molar-refractivity contribution in [3.63, 3.8) is 0 Å². The topological polar surface area (TPSA) is 63.3 Å². The van der Waals surface area contributed by atoms with Crippen LogP contribution in [0.1, 0.15) is 99.1 Å². The Hall–Kier alpha value is -3.81. The van der Waals surface area contributed by atoms with Gasteiger partial charge in [-0.3, -0.25) is 9.78 Å². The minimum Gasteiger partial charge on any atom is -0.512 e. The van der Waals surface area contributed by atoms with Crippen LogP contribution in [0.2, 0.25) is 0 Å². The van der Waals surface area contributed by atoms with Gasteiger partial charge in [-0.05, 0) is 49.1 Å². The number of furan rings is 1. The number of hydrogen-bond acceptors (Lipinski definition) is 4. The molecule has 0 spiro atoms. The number of alkyl halides is 3. The third-order valence-electron chi connectivity index (χ3n) is 10.1. The van der Waals surface area contributed by atoms with E-state index in [0.717, 1.165) is 42.0 Å². The van der Waals surface area contributed by atoms with Gasteiger partial charge in [-0.2, -0.15) is 13.2 Å². The number of halogens is 4. The van der Waals surface area contributed by atoms with Crippen molar-refractivity contribution in [3.8, 4) is 22.6 Å². The first-order chi connectivity index (χ1) is 24.8. The molecule has 0 saturated carbocycles. The summed E-state index contributed by atoms with van der Waals surface area (Å²) in [6, 6.07) is 21.8. The van der Waals surface area contributed by atoms with Crippen LogP contribution in [0.25, 0.3) is 44.3 Å². The van der Waals surface area contributed by atoms with Gasteiger partial charge in [0, 0.05) is 49.3 Å². The third-order valence-corrected chi connectivity index (χ3v) is 10.1. The maximum atomic E-state index is 14.9. The van der Waals surface area contributed by atoms with Gasteiger partial charge < -0.3 is 9.52 Å². The number of rotatable bonds is 11. The summed E-state index contributed by atoms with van der Waals surface area (Å²) in [4.78, 5) is 16.1. The largest absolute Gasteiger partial charge is 0.512 e. The molecule has 0 fully saturated rings. The number of carbonyl (C=O) groups excluding carboxylic acids is 1. The SMILES string of the molecule is CC(C)(C)c1cc(-c2ncc(F)c3cc(-c4ccc(CC(C)(C)C(F)(F)F)cc4)oc23)[c-]c2ccccc12.CCC(CC)C(=O)/C=C(\O)C(CC)CC.[Ir]. The number of ketones is 1. The molecule has 0 saturated heterocycles. The zero-order valence-corrected chi connectivity index (χ0v) is 35.1. The van der Waals surface area contributed by atoms with Gasteiger partial charge in [-0.1, -0.05) is 116 Å². The van der Waals surface area contributed by atoms with E-state index in [1.54, 1.807) is 30.3 Å². The minimum absolute atomic E-state index is 0. The summed E-state index contributed by atoms with van der Waals surface area (Å²) >= 11 is 0. The van der Waals surface area contributed by atoms with Crippen LogP contribution >= 0.6 is 0 Å². The summed E-state index contributed by atoms with van der Waals surface area (Å²) in [7, 11) is 0. The van der Waals surface area contributed by atoms with Crippen LogP contribution in [0.4, 0.5) is 17.6 Å². The molecule has 5 aromatic rings. The standard InChI is InChI=1S/C32H28F4NO.C13H24O2.Ir/c1-30(2,3)25-15-22(14-21-8-6-7-9-23(21)25)28-29-24(26(33)18-37-28)16-27(38-29)20-12-10-19(11-13-20)17-31(4,5)32(34,35)36;1-5-10(6-2)12(14)9-13(15)11(7-3)8-4;/h6-13,15-16,18H,17H2,1-5H3;9-11,14H,5-8H2,1-4H3;/q-1;;/b;12-9-;. The molecule has 1 N–H and O–H groups in total. The predicted octanol–water partition coefficient (Wildman–Crippen LogP) is 13.6. The second-order valence-corrected chi connectivity index (χ2v) is 15.5. The van der Waals surface area contributed by atoms with E-state index in [2.05, 4.69) is 37.9 Å². The van der Waals surface area contributed by atoms with E-state index < -0.39 is 17.4 Å². The van der Waals surface area contributed by atoms with Crippen LogP contribution in [0, 0.1) is 29.1 Å². The molecule has 0 aliphatic carbocycles. The van der Waals surface area contributed by atoms with Crippen LogP contribution in [-0.2, 0) is 36.7 Å². The summed E-state index contributed by atoms with van der Waals surface area (Å²) in [5.74, 6) is 0.442. The quantitative estimate of drug-likeness (QED) is 0.0620. The molecule has 2 aromatic heterocycles. The first-order valence-corrected chi connectivity index (χ1v) is 18.5. The number of aliphatic hydroxyl groups is 1. The number of allylic oxidation sites excluding steroid dienone is 2. The van der Waals surface area contributed by atoms with Crippen molar-refractivity contribution in [1.82, 2.24) is 4.98 Å². The summed E-state index contributed by atoms with van der Waals surface area (Å²) in [6.07, 6.45) is 1.63. The zero-order valence-electron chi connectivity index (χ0n) is 32.7. The molecule has 2 heterocycles. The van der Waals surface area contributed by atoms with Gasteiger partial charge in [-0.15, -0.1) is 29.1 Å². The van der Waals surface area contributed by atoms with Gasteiger partial charge in [-0.25, -0.2) is 4.39 Å². The Bertz CT molecular complexity index is 2050. The normalized spacial score (nSPS) is 12.6. The second-order valence-electron chi connectivity index (χ2n) is 15.5. The molecule has 0 unspecified atom stereocenters. The molecule has 5 rings (SSSR count). The summed E-state index contributed by atoms with van der Waals surface area (Å²) in [5.41, 5.74) is 1.79. The summed E-state index contributed by atoms with van der Waals surface area (Å²) in [5, 5.41) is 12.1. The summed E-state index contributed by atoms with van der Waals surface area (Å²) in [6.45, 7) is 16.9. The monoisotopic (exact) mass is 923 g/mol. The average molecular weight is 923 g/mol. The van der Waals surface area contributed by atoms with E-state index in [-0.39, 0.29) is 60.7 Å². The third kappa shape index (κ3) is 10.3. The molecular formula is C45H52F4IrNO3-. The molecule has 54 heavy (non-hydrogen) atoms.